The first-order valence-electron chi connectivity index (χ1n) is 9.30. The van der Waals surface area contributed by atoms with E-state index in [2.05, 4.69) is 21.0 Å². The lowest BCUT2D eigenvalue weighted by Gasteiger charge is -2.13. The van der Waals surface area contributed by atoms with Gasteiger partial charge in [0.2, 0.25) is 0 Å². The molecule has 1 aliphatic rings. The molecule has 0 spiro atoms. The number of hydrogen-bond donors (Lipinski definition) is 0. The molecule has 1 aliphatic heterocycles. The quantitative estimate of drug-likeness (QED) is 0.416. The molecule has 0 saturated heterocycles. The molecule has 5 nitrogen and oxygen atoms in total. The van der Waals surface area contributed by atoms with E-state index in [1.807, 2.05) is 17.1 Å². The molecular weight excluding hydrogens is 394 g/mol. The predicted octanol–water partition coefficient (Wildman–Crippen LogP) is 4.67. The van der Waals surface area contributed by atoms with E-state index in [0.29, 0.717) is 17.7 Å². The van der Waals surface area contributed by atoms with Crippen LogP contribution in [0.1, 0.15) is 65.7 Å². The minimum Gasteiger partial charge on any atom is -0.274 e. The highest BCUT2D eigenvalue weighted by Crippen LogP contribution is 2.23. The van der Waals surface area contributed by atoms with Crippen molar-refractivity contribution in [2.24, 2.45) is 0 Å². The van der Waals surface area contributed by atoms with Gasteiger partial charge in [-0.1, -0.05) is 44.2 Å². The second-order valence-corrected chi connectivity index (χ2v) is 7.62. The number of carbonyl (C=O) groups is 2. The van der Waals surface area contributed by atoms with E-state index in [9.17, 15) is 9.59 Å². The van der Waals surface area contributed by atoms with Crippen molar-refractivity contribution in [3.63, 3.8) is 0 Å². The molecule has 1 aromatic carbocycles. The molecular formula is C20H24BrN3O2. The molecule has 0 atom stereocenters. The van der Waals surface area contributed by atoms with E-state index < -0.39 is 0 Å². The van der Waals surface area contributed by atoms with Crippen LogP contribution in [0.2, 0.25) is 0 Å². The van der Waals surface area contributed by atoms with Crippen LogP contribution in [0, 0.1) is 0 Å². The summed E-state index contributed by atoms with van der Waals surface area (Å²) in [7, 11) is 0. The van der Waals surface area contributed by atoms with Gasteiger partial charge in [0.15, 0.2) is 0 Å². The van der Waals surface area contributed by atoms with Crippen molar-refractivity contribution in [1.29, 1.82) is 0 Å². The van der Waals surface area contributed by atoms with Gasteiger partial charge in [-0.25, -0.2) is 0 Å². The summed E-state index contributed by atoms with van der Waals surface area (Å²) in [4.78, 5) is 25.9. The van der Waals surface area contributed by atoms with Crippen molar-refractivity contribution in [2.45, 2.75) is 51.5 Å². The summed E-state index contributed by atoms with van der Waals surface area (Å²) in [6.45, 7) is 1.49. The zero-order valence-electron chi connectivity index (χ0n) is 14.9. The summed E-state index contributed by atoms with van der Waals surface area (Å²) in [6, 6.07) is 7.08. The summed E-state index contributed by atoms with van der Waals surface area (Å²) in [6.07, 6.45) is 11.7. The smallest absolute Gasteiger partial charge is 0.261 e. The maximum Gasteiger partial charge on any atom is 0.261 e. The largest absolute Gasteiger partial charge is 0.274 e. The molecule has 0 bridgehead atoms. The maximum atomic E-state index is 12.3. The first-order valence-corrected chi connectivity index (χ1v) is 10.1. The highest BCUT2D eigenvalue weighted by molar-refractivity contribution is 9.10. The number of nitrogens with zero attached hydrogens (tertiary/aromatic N) is 3. The molecule has 2 amide bonds. The Kier molecular flexibility index (Phi) is 6.61. The van der Waals surface area contributed by atoms with Gasteiger partial charge in [0.25, 0.3) is 11.8 Å². The lowest BCUT2D eigenvalue weighted by molar-refractivity contribution is 0.0651. The molecule has 0 unspecified atom stereocenters. The summed E-state index contributed by atoms with van der Waals surface area (Å²) >= 11 is 3.40. The van der Waals surface area contributed by atoms with E-state index >= 15 is 0 Å². The lowest BCUT2D eigenvalue weighted by Crippen LogP contribution is -2.30. The van der Waals surface area contributed by atoms with Crippen LogP contribution in [-0.2, 0) is 6.54 Å². The van der Waals surface area contributed by atoms with Crippen LogP contribution in [0.3, 0.4) is 0 Å². The number of halogens is 1. The molecule has 0 aliphatic carbocycles. The number of fused-ring (bicyclic) bond motifs is 1. The third-order valence-corrected chi connectivity index (χ3v) is 5.16. The van der Waals surface area contributed by atoms with Gasteiger partial charge in [-0.2, -0.15) is 5.10 Å². The zero-order chi connectivity index (χ0) is 18.4. The van der Waals surface area contributed by atoms with E-state index in [-0.39, 0.29) is 11.8 Å². The first-order chi connectivity index (χ1) is 12.7. The fourth-order valence-electron chi connectivity index (χ4n) is 3.33. The predicted molar refractivity (Wildman–Crippen MR) is 104 cm³/mol. The normalized spacial score (nSPS) is 13.5. The van der Waals surface area contributed by atoms with Gasteiger partial charge in [0, 0.05) is 19.3 Å². The van der Waals surface area contributed by atoms with Gasteiger partial charge in [-0.05, 0) is 40.9 Å². The van der Waals surface area contributed by atoms with Crippen molar-refractivity contribution in [1.82, 2.24) is 14.7 Å². The Morgan fingerprint density at radius 2 is 1.35 bits per heavy atom. The molecule has 0 radical (unpaired) electrons. The van der Waals surface area contributed by atoms with E-state index in [1.165, 1.54) is 24.2 Å². The number of aryl methyl sites for hydroxylation is 1. The summed E-state index contributed by atoms with van der Waals surface area (Å²) in [5.41, 5.74) is 1.09. The number of rotatable bonds is 10. The monoisotopic (exact) mass is 417 g/mol. The van der Waals surface area contributed by atoms with Crippen LogP contribution in [0.15, 0.2) is 41.1 Å². The third-order valence-electron chi connectivity index (χ3n) is 4.75. The van der Waals surface area contributed by atoms with Crippen LogP contribution >= 0.6 is 15.9 Å². The number of carbonyl (C=O) groups excluding carboxylic acids is 2. The molecule has 138 valence electrons. The Morgan fingerprint density at radius 1 is 0.808 bits per heavy atom. The number of unbranched alkanes of at least 4 members (excludes halogenated alkanes) is 6. The van der Waals surface area contributed by atoms with Crippen molar-refractivity contribution in [3.8, 4) is 0 Å². The van der Waals surface area contributed by atoms with E-state index in [1.54, 1.807) is 24.3 Å². The third kappa shape index (κ3) is 4.61. The standard InChI is InChI=1S/C20H24BrN3O2/c21-16-14-22-23(15-16)12-8-4-2-1-3-5-9-13-24-19(25)17-10-6-7-11-18(17)20(24)26/h6-7,10-11,14-15H,1-5,8-9,12-13H2. The van der Waals surface area contributed by atoms with Crippen molar-refractivity contribution in [2.75, 3.05) is 6.54 Å². The Hall–Kier alpha value is -1.95. The van der Waals surface area contributed by atoms with E-state index in [0.717, 1.165) is 36.7 Å². The molecule has 0 saturated carbocycles. The second kappa shape index (κ2) is 9.12. The van der Waals surface area contributed by atoms with Gasteiger partial charge >= 0.3 is 0 Å². The van der Waals surface area contributed by atoms with Gasteiger partial charge in [0.05, 0.1) is 21.8 Å². The zero-order valence-corrected chi connectivity index (χ0v) is 16.5. The van der Waals surface area contributed by atoms with Crippen LogP contribution in [0.5, 0.6) is 0 Å². The summed E-state index contributed by atoms with van der Waals surface area (Å²) in [5.74, 6) is -0.285. The Bertz CT molecular complexity index is 737. The number of benzene rings is 1. The van der Waals surface area contributed by atoms with Crippen molar-refractivity contribution >= 4 is 27.7 Å². The summed E-state index contributed by atoms with van der Waals surface area (Å²) in [5, 5.41) is 4.25. The fourth-order valence-corrected chi connectivity index (χ4v) is 3.66. The highest BCUT2D eigenvalue weighted by atomic mass is 79.9. The maximum absolute atomic E-state index is 12.3. The van der Waals surface area contributed by atoms with E-state index in [4.69, 9.17) is 0 Å². The van der Waals surface area contributed by atoms with Crippen molar-refractivity contribution < 1.29 is 9.59 Å². The highest BCUT2D eigenvalue weighted by Gasteiger charge is 2.34. The Labute approximate surface area is 162 Å². The molecule has 2 aromatic rings. The molecule has 26 heavy (non-hydrogen) atoms. The fraction of sp³-hybridized carbons (Fsp3) is 0.450. The van der Waals surface area contributed by atoms with Crippen LogP contribution in [0.25, 0.3) is 0 Å². The molecule has 0 fully saturated rings. The average molecular weight is 418 g/mol. The van der Waals surface area contributed by atoms with Gasteiger partial charge < -0.3 is 0 Å². The van der Waals surface area contributed by atoms with Gasteiger partial charge in [-0.15, -0.1) is 0 Å². The average Bonchev–Trinajstić information content (AvgIpc) is 3.17. The summed E-state index contributed by atoms with van der Waals surface area (Å²) < 4.78 is 2.99. The Morgan fingerprint density at radius 3 is 1.88 bits per heavy atom. The molecule has 2 heterocycles. The lowest BCUT2D eigenvalue weighted by atomic mass is 10.1. The number of aromatic nitrogens is 2. The van der Waals surface area contributed by atoms with Crippen LogP contribution in [-0.4, -0.2) is 33.0 Å². The number of imide groups is 1. The molecule has 1 aromatic heterocycles. The van der Waals surface area contributed by atoms with Crippen LogP contribution in [0.4, 0.5) is 0 Å². The number of hydrogen-bond acceptors (Lipinski definition) is 3. The van der Waals surface area contributed by atoms with Crippen LogP contribution < -0.4 is 0 Å². The second-order valence-electron chi connectivity index (χ2n) is 6.70. The molecule has 6 heteroatoms. The Balaban J connectivity index is 1.25. The molecule has 0 N–H and O–H groups in total. The molecule has 3 rings (SSSR count). The van der Waals surface area contributed by atoms with Gasteiger partial charge in [0.1, 0.15) is 0 Å². The number of amides is 2. The topological polar surface area (TPSA) is 55.2 Å². The minimum atomic E-state index is -0.143. The minimum absolute atomic E-state index is 0.143. The van der Waals surface area contributed by atoms with Gasteiger partial charge in [-0.3, -0.25) is 19.2 Å². The van der Waals surface area contributed by atoms with Crippen molar-refractivity contribution in [3.05, 3.63) is 52.3 Å². The first kappa shape index (κ1) is 18.8. The SMILES string of the molecule is O=C1c2ccccc2C(=O)N1CCCCCCCCCn1cc(Br)cn1.